The Bertz CT molecular complexity index is 779. The van der Waals surface area contributed by atoms with Crippen molar-refractivity contribution in [1.82, 2.24) is 5.32 Å². The molecule has 0 aromatic heterocycles. The van der Waals surface area contributed by atoms with Gasteiger partial charge in [-0.25, -0.2) is 0 Å². The number of hydrogen-bond donors (Lipinski definition) is 3. The van der Waals surface area contributed by atoms with Crippen molar-refractivity contribution in [1.29, 1.82) is 0 Å². The Kier molecular flexibility index (Phi) is 8.10. The zero-order valence-electron chi connectivity index (χ0n) is 15.5. The van der Waals surface area contributed by atoms with Crippen LogP contribution < -0.4 is 16.0 Å². The standard InChI is InChI=1S/C20H24ClN3O3/c1-14-4-7-16(21)12-18(14)23-13-19(25)24-17-8-5-15(6-9-17)20(26)22-10-3-11-27-2/h4-9,12,23H,3,10-11,13H2,1-2H3,(H,22,26)(H,24,25). The average molecular weight is 390 g/mol. The van der Waals surface area contributed by atoms with Crippen LogP contribution in [0.5, 0.6) is 0 Å². The minimum absolute atomic E-state index is 0.114. The largest absolute Gasteiger partial charge is 0.385 e. The first-order chi connectivity index (χ1) is 13.0. The van der Waals surface area contributed by atoms with Crippen molar-refractivity contribution < 1.29 is 14.3 Å². The molecule has 2 aromatic rings. The smallest absolute Gasteiger partial charge is 0.251 e. The Morgan fingerprint density at radius 3 is 2.56 bits per heavy atom. The SMILES string of the molecule is COCCCNC(=O)c1ccc(NC(=O)CNc2cc(Cl)ccc2C)cc1. The highest BCUT2D eigenvalue weighted by Gasteiger charge is 2.07. The van der Waals surface area contributed by atoms with Crippen LogP contribution in [0, 0.1) is 6.92 Å². The number of rotatable bonds is 9. The van der Waals surface area contributed by atoms with Gasteiger partial charge in [-0.3, -0.25) is 9.59 Å². The topological polar surface area (TPSA) is 79.5 Å². The number of halogens is 1. The molecule has 0 aliphatic carbocycles. The van der Waals surface area contributed by atoms with Crippen molar-refractivity contribution in [2.45, 2.75) is 13.3 Å². The number of carbonyl (C=O) groups excluding carboxylic acids is 2. The van der Waals surface area contributed by atoms with Crippen molar-refractivity contribution in [2.75, 3.05) is 37.4 Å². The van der Waals surface area contributed by atoms with E-state index in [0.717, 1.165) is 17.7 Å². The van der Waals surface area contributed by atoms with Gasteiger partial charge in [0.15, 0.2) is 0 Å². The Hall–Kier alpha value is -2.57. The summed E-state index contributed by atoms with van der Waals surface area (Å²) in [5.74, 6) is -0.340. The predicted octanol–water partition coefficient (Wildman–Crippen LogP) is 3.47. The van der Waals surface area contributed by atoms with E-state index in [2.05, 4.69) is 16.0 Å². The molecular weight excluding hydrogens is 366 g/mol. The molecule has 0 fully saturated rings. The molecule has 0 unspecified atom stereocenters. The summed E-state index contributed by atoms with van der Waals surface area (Å²) in [6.07, 6.45) is 0.759. The molecule has 7 heteroatoms. The van der Waals surface area contributed by atoms with Gasteiger partial charge in [0.05, 0.1) is 6.54 Å². The Morgan fingerprint density at radius 2 is 1.85 bits per heavy atom. The van der Waals surface area contributed by atoms with Gasteiger partial charge in [-0.05, 0) is 55.3 Å². The fourth-order valence-electron chi connectivity index (χ4n) is 2.39. The lowest BCUT2D eigenvalue weighted by Crippen LogP contribution is -2.25. The highest BCUT2D eigenvalue weighted by molar-refractivity contribution is 6.30. The Morgan fingerprint density at radius 1 is 1.11 bits per heavy atom. The number of ether oxygens (including phenoxy) is 1. The fraction of sp³-hybridized carbons (Fsp3) is 0.300. The summed E-state index contributed by atoms with van der Waals surface area (Å²) in [4.78, 5) is 24.1. The highest BCUT2D eigenvalue weighted by atomic mass is 35.5. The molecule has 0 aliphatic rings. The van der Waals surface area contributed by atoms with E-state index < -0.39 is 0 Å². The molecular formula is C20H24ClN3O3. The number of amides is 2. The quantitative estimate of drug-likeness (QED) is 0.574. The zero-order chi connectivity index (χ0) is 19.6. The maximum absolute atomic E-state index is 12.1. The molecule has 0 saturated carbocycles. The second-order valence-corrected chi connectivity index (χ2v) is 6.48. The third-order valence-electron chi connectivity index (χ3n) is 3.88. The van der Waals surface area contributed by atoms with Crippen LogP contribution in [-0.2, 0) is 9.53 Å². The van der Waals surface area contributed by atoms with Gasteiger partial charge < -0.3 is 20.7 Å². The summed E-state index contributed by atoms with van der Waals surface area (Å²) in [7, 11) is 1.63. The van der Waals surface area contributed by atoms with Crippen LogP contribution in [0.1, 0.15) is 22.3 Å². The van der Waals surface area contributed by atoms with E-state index in [4.69, 9.17) is 16.3 Å². The third kappa shape index (κ3) is 6.92. The van der Waals surface area contributed by atoms with Crippen LogP contribution in [-0.4, -0.2) is 38.6 Å². The molecule has 0 atom stereocenters. The lowest BCUT2D eigenvalue weighted by Gasteiger charge is -2.11. The molecule has 0 spiro atoms. The van der Waals surface area contributed by atoms with Crippen LogP contribution in [0.4, 0.5) is 11.4 Å². The van der Waals surface area contributed by atoms with Gasteiger partial charge in [0.1, 0.15) is 0 Å². The normalized spacial score (nSPS) is 10.3. The lowest BCUT2D eigenvalue weighted by molar-refractivity contribution is -0.114. The summed E-state index contributed by atoms with van der Waals surface area (Å²) in [6, 6.07) is 12.2. The zero-order valence-corrected chi connectivity index (χ0v) is 16.2. The van der Waals surface area contributed by atoms with Gasteiger partial charge in [-0.2, -0.15) is 0 Å². The van der Waals surface area contributed by atoms with Crippen LogP contribution in [0.25, 0.3) is 0 Å². The van der Waals surface area contributed by atoms with E-state index in [1.807, 2.05) is 13.0 Å². The van der Waals surface area contributed by atoms with Crippen molar-refractivity contribution in [3.05, 3.63) is 58.6 Å². The van der Waals surface area contributed by atoms with E-state index in [1.165, 1.54) is 0 Å². The van der Waals surface area contributed by atoms with Crippen molar-refractivity contribution >= 4 is 34.8 Å². The number of aryl methyl sites for hydroxylation is 1. The van der Waals surface area contributed by atoms with Gasteiger partial charge in [-0.15, -0.1) is 0 Å². The average Bonchev–Trinajstić information content (AvgIpc) is 2.66. The summed E-state index contributed by atoms with van der Waals surface area (Å²) in [6.45, 7) is 3.21. The molecule has 0 radical (unpaired) electrons. The van der Waals surface area contributed by atoms with E-state index in [-0.39, 0.29) is 18.4 Å². The molecule has 3 N–H and O–H groups in total. The van der Waals surface area contributed by atoms with Gasteiger partial charge >= 0.3 is 0 Å². The second-order valence-electron chi connectivity index (χ2n) is 6.04. The maximum atomic E-state index is 12.1. The van der Waals surface area contributed by atoms with Gasteiger partial charge in [0.2, 0.25) is 5.91 Å². The van der Waals surface area contributed by atoms with Crippen molar-refractivity contribution in [3.8, 4) is 0 Å². The molecule has 27 heavy (non-hydrogen) atoms. The third-order valence-corrected chi connectivity index (χ3v) is 4.12. The summed E-state index contributed by atoms with van der Waals surface area (Å²) < 4.78 is 4.94. The van der Waals surface area contributed by atoms with Gasteiger partial charge in [0, 0.05) is 42.2 Å². The van der Waals surface area contributed by atoms with E-state index in [0.29, 0.717) is 29.4 Å². The number of benzene rings is 2. The summed E-state index contributed by atoms with van der Waals surface area (Å²) >= 11 is 5.97. The first kappa shape index (κ1) is 20.7. The lowest BCUT2D eigenvalue weighted by atomic mass is 10.2. The van der Waals surface area contributed by atoms with Crippen molar-refractivity contribution in [2.24, 2.45) is 0 Å². The van der Waals surface area contributed by atoms with E-state index in [9.17, 15) is 9.59 Å². The van der Waals surface area contributed by atoms with Crippen LogP contribution in [0.15, 0.2) is 42.5 Å². The van der Waals surface area contributed by atoms with Gasteiger partial charge in [0.25, 0.3) is 5.91 Å². The molecule has 2 aromatic carbocycles. The number of nitrogens with one attached hydrogen (secondary N) is 3. The van der Waals surface area contributed by atoms with Crippen LogP contribution >= 0.6 is 11.6 Å². The first-order valence-electron chi connectivity index (χ1n) is 8.66. The molecule has 0 bridgehead atoms. The van der Waals surface area contributed by atoms with Crippen molar-refractivity contribution in [3.63, 3.8) is 0 Å². The van der Waals surface area contributed by atoms with E-state index >= 15 is 0 Å². The predicted molar refractivity (Wildman–Crippen MR) is 109 cm³/mol. The number of methoxy groups -OCH3 is 1. The molecule has 0 heterocycles. The minimum Gasteiger partial charge on any atom is -0.385 e. The minimum atomic E-state index is -0.189. The molecule has 0 saturated heterocycles. The molecule has 144 valence electrons. The number of carbonyl (C=O) groups is 2. The highest BCUT2D eigenvalue weighted by Crippen LogP contribution is 2.20. The molecule has 2 amide bonds. The van der Waals surface area contributed by atoms with Gasteiger partial charge in [-0.1, -0.05) is 17.7 Å². The Balaban J connectivity index is 1.82. The summed E-state index contributed by atoms with van der Waals surface area (Å²) in [5, 5.41) is 9.28. The fourth-order valence-corrected chi connectivity index (χ4v) is 2.56. The number of hydrogen-bond acceptors (Lipinski definition) is 4. The second kappa shape index (κ2) is 10.5. The molecule has 2 rings (SSSR count). The first-order valence-corrected chi connectivity index (χ1v) is 9.04. The molecule has 0 aliphatic heterocycles. The monoisotopic (exact) mass is 389 g/mol. The van der Waals surface area contributed by atoms with E-state index in [1.54, 1.807) is 43.5 Å². The van der Waals surface area contributed by atoms with Crippen LogP contribution in [0.3, 0.4) is 0 Å². The van der Waals surface area contributed by atoms with Crippen LogP contribution in [0.2, 0.25) is 5.02 Å². The maximum Gasteiger partial charge on any atom is 0.251 e. The summed E-state index contributed by atoms with van der Waals surface area (Å²) in [5.41, 5.74) is 2.99. The Labute approximate surface area is 164 Å². The number of anilines is 2. The molecule has 6 nitrogen and oxygen atoms in total.